The molecule has 0 unspecified atom stereocenters. The van der Waals surface area contributed by atoms with Crippen molar-refractivity contribution < 1.29 is 28.9 Å². The number of methoxy groups -OCH3 is 2. The second kappa shape index (κ2) is 24.2. The Morgan fingerprint density at radius 1 is 0.780 bits per heavy atom. The summed E-state index contributed by atoms with van der Waals surface area (Å²) in [6.45, 7) is 12.3. The van der Waals surface area contributed by atoms with Gasteiger partial charge in [0.2, 0.25) is 16.4 Å². The third-order valence-electron chi connectivity index (χ3n) is 6.34. The first-order valence-corrected chi connectivity index (χ1v) is 17.8. The highest BCUT2D eigenvalue weighted by Gasteiger charge is 2.13. The quantitative estimate of drug-likeness (QED) is 0.0979. The van der Waals surface area contributed by atoms with E-state index in [4.69, 9.17) is 39.5 Å². The number of benzene rings is 2. The Morgan fingerprint density at radius 2 is 1.26 bits per heavy atom. The van der Waals surface area contributed by atoms with Crippen LogP contribution < -0.4 is 4.74 Å². The Labute approximate surface area is 324 Å². The summed E-state index contributed by atoms with van der Waals surface area (Å²) in [7, 11) is 2.66. The lowest BCUT2D eigenvalue weighted by Crippen LogP contribution is -2.36. The van der Waals surface area contributed by atoms with Gasteiger partial charge in [-0.2, -0.15) is 4.98 Å². The van der Waals surface area contributed by atoms with Gasteiger partial charge in [0.15, 0.2) is 0 Å². The molecule has 0 saturated carbocycles. The van der Waals surface area contributed by atoms with Crippen LogP contribution in [0.4, 0.5) is 0 Å². The number of carbonyl (C=O) groups is 2. The van der Waals surface area contributed by atoms with Gasteiger partial charge in [0.05, 0.1) is 36.0 Å². The van der Waals surface area contributed by atoms with Crippen molar-refractivity contribution in [2.45, 2.75) is 59.5 Å². The molecular weight excluding hydrogens is 841 g/mol. The molecule has 0 fully saturated rings. The minimum Gasteiger partial charge on any atom is -0.508 e. The molecule has 0 amide bonds. The van der Waals surface area contributed by atoms with Crippen LogP contribution in [0, 0.1) is 0 Å². The van der Waals surface area contributed by atoms with E-state index in [1.165, 1.54) is 32.7 Å². The number of ether oxygens (including phenoxy) is 3. The number of hydrogen-bond donors (Lipinski definition) is 1. The molecule has 2 heterocycles. The molecule has 11 nitrogen and oxygen atoms in total. The second-order valence-corrected chi connectivity index (χ2v) is 13.2. The largest absolute Gasteiger partial charge is 0.508 e. The van der Waals surface area contributed by atoms with Crippen LogP contribution in [0.3, 0.4) is 0 Å². The third-order valence-corrected chi connectivity index (χ3v) is 8.35. The van der Waals surface area contributed by atoms with E-state index in [1.54, 1.807) is 36.4 Å². The SMILES string of the molecule is CCN(C(C)C)C(C)C.COC(=O)Cc1ccccc1O.COC(=O)Cc1ccccc1Oc1nc(Cl)ncc1Br.Clc1ncc(Br)c(Cl)n1. The predicted octanol–water partition coefficient (Wildman–Crippen LogP) is 9.18. The standard InChI is InChI=1S/C13H10BrClN2O3.C9H10O3.C8H19N.C4HBrCl2N2/c1-19-11(18)6-8-4-2-3-5-10(8)20-12-9(14)7-16-13(15)17-12;1-12-9(11)6-7-4-2-3-5-8(7)10;1-6-9(7(2)3)8(4)5;5-2-1-8-4(7)9-3(2)6/h2-5,7H,6H2,1H3;2-5,10H,6H2,1H3;7-8H,6H2,1-5H3;1H. The molecule has 0 bridgehead atoms. The van der Waals surface area contributed by atoms with Crippen LogP contribution in [0.1, 0.15) is 45.7 Å². The topological polar surface area (TPSA) is 137 Å². The normalized spacial score (nSPS) is 10.2. The molecule has 0 aliphatic carbocycles. The average Bonchev–Trinajstić information content (AvgIpc) is 3.07. The highest BCUT2D eigenvalue weighted by molar-refractivity contribution is 9.10. The van der Waals surface area contributed by atoms with Gasteiger partial charge >= 0.3 is 11.9 Å². The summed E-state index contributed by atoms with van der Waals surface area (Å²) in [5.41, 5.74) is 1.28. The van der Waals surface area contributed by atoms with Gasteiger partial charge in [0.25, 0.3) is 0 Å². The molecular formula is C34H40Br2Cl3N5O6. The Morgan fingerprint density at radius 3 is 1.72 bits per heavy atom. The molecule has 0 radical (unpaired) electrons. The van der Waals surface area contributed by atoms with Crippen LogP contribution in [-0.2, 0) is 31.9 Å². The Bertz CT molecular complexity index is 1650. The molecule has 0 saturated heterocycles. The molecule has 4 aromatic rings. The fourth-order valence-corrected chi connectivity index (χ4v) is 4.92. The van der Waals surface area contributed by atoms with Gasteiger partial charge in [-0.25, -0.2) is 15.0 Å². The van der Waals surface area contributed by atoms with Crippen molar-refractivity contribution in [2.75, 3.05) is 20.8 Å². The molecule has 2 aromatic carbocycles. The maximum absolute atomic E-state index is 11.4. The van der Waals surface area contributed by atoms with E-state index < -0.39 is 0 Å². The number of carbonyl (C=O) groups excluding carboxylic acids is 2. The first-order chi connectivity index (χ1) is 23.6. The van der Waals surface area contributed by atoms with E-state index in [0.29, 0.717) is 43.1 Å². The number of phenolic OH excluding ortho intramolecular Hbond substituents is 1. The zero-order chi connectivity index (χ0) is 37.8. The average molecular weight is 881 g/mol. The van der Waals surface area contributed by atoms with Crippen LogP contribution >= 0.6 is 66.7 Å². The van der Waals surface area contributed by atoms with E-state index in [1.807, 2.05) is 6.07 Å². The van der Waals surface area contributed by atoms with Crippen molar-refractivity contribution in [3.8, 4) is 17.4 Å². The van der Waals surface area contributed by atoms with Gasteiger partial charge in [-0.1, -0.05) is 54.9 Å². The summed E-state index contributed by atoms with van der Waals surface area (Å²) in [6.07, 6.45) is 3.22. The summed E-state index contributed by atoms with van der Waals surface area (Å²) in [4.78, 5) is 39.7. The highest BCUT2D eigenvalue weighted by Crippen LogP contribution is 2.30. The number of rotatable bonds is 9. The van der Waals surface area contributed by atoms with Crippen LogP contribution in [0.2, 0.25) is 15.7 Å². The number of esters is 2. The van der Waals surface area contributed by atoms with Gasteiger partial charge in [-0.3, -0.25) is 14.5 Å². The zero-order valence-corrected chi connectivity index (χ0v) is 34.1. The number of aromatic hydroxyl groups is 1. The van der Waals surface area contributed by atoms with E-state index in [0.717, 1.165) is 6.54 Å². The van der Waals surface area contributed by atoms with Gasteiger partial charge in [0.1, 0.15) is 16.7 Å². The maximum Gasteiger partial charge on any atom is 0.310 e. The summed E-state index contributed by atoms with van der Waals surface area (Å²) < 4.78 is 16.0. The molecule has 0 aliphatic rings. The van der Waals surface area contributed by atoms with E-state index >= 15 is 0 Å². The molecule has 0 spiro atoms. The number of aromatic nitrogens is 4. The molecule has 50 heavy (non-hydrogen) atoms. The Hall–Kier alpha value is -3.07. The first-order valence-electron chi connectivity index (χ1n) is 15.1. The van der Waals surface area contributed by atoms with E-state index in [2.05, 4.69) is 101 Å². The zero-order valence-electron chi connectivity index (χ0n) is 28.7. The van der Waals surface area contributed by atoms with Crippen molar-refractivity contribution in [1.82, 2.24) is 24.8 Å². The molecule has 16 heteroatoms. The number of hydrogen-bond acceptors (Lipinski definition) is 11. The van der Waals surface area contributed by atoms with Crippen LogP contribution in [0.25, 0.3) is 0 Å². The van der Waals surface area contributed by atoms with Crippen LogP contribution in [0.5, 0.6) is 17.4 Å². The van der Waals surface area contributed by atoms with E-state index in [9.17, 15) is 14.7 Å². The molecule has 4 rings (SSSR count). The Balaban J connectivity index is 0.000000358. The Kier molecular flexibility index (Phi) is 21.7. The van der Waals surface area contributed by atoms with E-state index in [-0.39, 0.29) is 47.0 Å². The molecule has 0 aliphatic heterocycles. The van der Waals surface area contributed by atoms with Gasteiger partial charge in [0, 0.05) is 35.6 Å². The molecule has 0 atom stereocenters. The van der Waals surface area contributed by atoms with Crippen molar-refractivity contribution in [3.63, 3.8) is 0 Å². The number of halogens is 5. The van der Waals surface area contributed by atoms with Gasteiger partial charge < -0.3 is 19.3 Å². The van der Waals surface area contributed by atoms with Gasteiger partial charge in [-0.05, 0) is 101 Å². The fourth-order valence-electron chi connectivity index (χ4n) is 4.03. The molecule has 272 valence electrons. The van der Waals surface area contributed by atoms with Crippen molar-refractivity contribution in [2.24, 2.45) is 0 Å². The van der Waals surface area contributed by atoms with Crippen LogP contribution in [-0.4, -0.2) is 74.7 Å². The number of para-hydroxylation sites is 2. The fraction of sp³-hybridized carbons (Fsp3) is 0.353. The van der Waals surface area contributed by atoms with Crippen molar-refractivity contribution in [3.05, 3.63) is 96.7 Å². The second-order valence-electron chi connectivity index (χ2n) is 10.4. The minimum absolute atomic E-state index is 0.0775. The summed E-state index contributed by atoms with van der Waals surface area (Å²) in [5.74, 6) is 0.218. The minimum atomic E-state index is -0.350. The lowest BCUT2D eigenvalue weighted by atomic mass is 10.1. The maximum atomic E-state index is 11.4. The van der Waals surface area contributed by atoms with Crippen molar-refractivity contribution in [1.29, 1.82) is 0 Å². The summed E-state index contributed by atoms with van der Waals surface area (Å²) in [5, 5.41) is 9.81. The summed E-state index contributed by atoms with van der Waals surface area (Å²) in [6, 6.07) is 15.2. The van der Waals surface area contributed by atoms with Crippen LogP contribution in [0.15, 0.2) is 69.9 Å². The number of nitrogens with zero attached hydrogens (tertiary/aromatic N) is 5. The lowest BCUT2D eigenvalue weighted by Gasteiger charge is -2.28. The summed E-state index contributed by atoms with van der Waals surface area (Å²) >= 11 is 23.0. The van der Waals surface area contributed by atoms with Crippen molar-refractivity contribution >= 4 is 78.6 Å². The number of phenols is 1. The monoisotopic (exact) mass is 877 g/mol. The molecule has 2 aromatic heterocycles. The predicted molar refractivity (Wildman–Crippen MR) is 203 cm³/mol. The lowest BCUT2D eigenvalue weighted by molar-refractivity contribution is -0.140. The smallest absolute Gasteiger partial charge is 0.310 e. The highest BCUT2D eigenvalue weighted by atomic mass is 79.9. The third kappa shape index (κ3) is 17.2. The molecule has 1 N–H and O–H groups in total. The van der Waals surface area contributed by atoms with Gasteiger partial charge in [-0.15, -0.1) is 0 Å². The first kappa shape index (κ1) is 45.0.